The first-order valence-corrected chi connectivity index (χ1v) is 10.2. The second-order valence-corrected chi connectivity index (χ2v) is 12.7. The molecule has 0 radical (unpaired) electrons. The number of rotatable bonds is 0. The Labute approximate surface area is 102 Å². The van der Waals surface area contributed by atoms with Crippen LogP contribution >= 0.6 is 0 Å². The van der Waals surface area contributed by atoms with E-state index in [0.717, 1.165) is 0 Å². The van der Waals surface area contributed by atoms with Crippen LogP contribution in [0.3, 0.4) is 0 Å². The van der Waals surface area contributed by atoms with Crippen LogP contribution in [-0.2, 0) is 0 Å². The normalized spacial score (nSPS) is 10.9. The minimum absolute atomic E-state index is 0. The van der Waals surface area contributed by atoms with Gasteiger partial charge in [-0.25, -0.2) is 0 Å². The molecule has 0 aliphatic carbocycles. The van der Waals surface area contributed by atoms with Crippen molar-refractivity contribution in [2.75, 3.05) is 0 Å². The minimum Gasteiger partial charge on any atom is -0.859 e. The van der Waals surface area contributed by atoms with E-state index in [-0.39, 0.29) is 37.7 Å². The molecule has 0 amide bonds. The SMILES string of the molecule is C[Si](C)(C)[O-].C[Si](C)(C)[O-].[Ca+2]. The molecule has 0 aromatic heterocycles. The van der Waals surface area contributed by atoms with Crippen molar-refractivity contribution < 1.29 is 9.59 Å². The van der Waals surface area contributed by atoms with E-state index in [0.29, 0.717) is 0 Å². The molecule has 0 spiro atoms. The predicted octanol–water partition coefficient (Wildman–Crippen LogP) is -0.0176. The summed E-state index contributed by atoms with van der Waals surface area (Å²) in [4.78, 5) is 20.5. The summed E-state index contributed by atoms with van der Waals surface area (Å²) in [6.45, 7) is 10.6. The van der Waals surface area contributed by atoms with Crippen molar-refractivity contribution in [2.24, 2.45) is 0 Å². The first kappa shape index (κ1) is 18.4. The van der Waals surface area contributed by atoms with Gasteiger partial charge in [-0.3, -0.25) is 0 Å². The molecule has 0 N–H and O–H groups in total. The van der Waals surface area contributed by atoms with Gasteiger partial charge in [0.15, 0.2) is 0 Å². The summed E-state index contributed by atoms with van der Waals surface area (Å²) >= 11 is 0. The quantitative estimate of drug-likeness (QED) is 0.537. The summed E-state index contributed by atoms with van der Waals surface area (Å²) in [5, 5.41) is 0. The van der Waals surface area contributed by atoms with Gasteiger partial charge in [0, 0.05) is 0 Å². The molecule has 0 atom stereocenters. The summed E-state index contributed by atoms with van der Waals surface area (Å²) in [6.07, 6.45) is 0. The monoisotopic (exact) mass is 218 g/mol. The zero-order chi connectivity index (χ0) is 9.00. The van der Waals surface area contributed by atoms with Crippen molar-refractivity contribution in [2.45, 2.75) is 39.3 Å². The van der Waals surface area contributed by atoms with Gasteiger partial charge in [0.05, 0.1) is 0 Å². The van der Waals surface area contributed by atoms with Gasteiger partial charge in [-0.1, -0.05) is 55.9 Å². The van der Waals surface area contributed by atoms with Crippen LogP contribution in [0.2, 0.25) is 39.3 Å². The molecule has 5 heteroatoms. The van der Waals surface area contributed by atoms with Gasteiger partial charge >= 0.3 is 37.7 Å². The van der Waals surface area contributed by atoms with E-state index < -0.39 is 16.6 Å². The van der Waals surface area contributed by atoms with Gasteiger partial charge in [0.1, 0.15) is 0 Å². The molecule has 0 fully saturated rings. The standard InChI is InChI=1S/2C3H9OSi.Ca/c2*1-5(2,3)4;/h2*1-3H3;/q2*-1;+2. The smallest absolute Gasteiger partial charge is 0.859 e. The number of hydrogen-bond donors (Lipinski definition) is 0. The van der Waals surface area contributed by atoms with E-state index in [9.17, 15) is 9.59 Å². The second kappa shape index (κ2) is 7.06. The molecule has 11 heavy (non-hydrogen) atoms. The van der Waals surface area contributed by atoms with Crippen LogP contribution in [0.25, 0.3) is 0 Å². The van der Waals surface area contributed by atoms with E-state index >= 15 is 0 Å². The first-order valence-electron chi connectivity index (χ1n) is 3.41. The van der Waals surface area contributed by atoms with Crippen molar-refractivity contribution in [1.29, 1.82) is 0 Å². The Morgan fingerprint density at radius 1 is 0.636 bits per heavy atom. The number of hydrogen-bond acceptors (Lipinski definition) is 2. The maximum Gasteiger partial charge on any atom is 2.00 e. The Hall–Kier alpha value is 1.61. The average Bonchev–Trinajstić information content (AvgIpc) is 1.12. The predicted molar refractivity (Wildman–Crippen MR) is 52.4 cm³/mol. The third-order valence-electron chi connectivity index (χ3n) is 0. The zero-order valence-electron chi connectivity index (χ0n) is 8.52. The maximum absolute atomic E-state index is 10.2. The molecule has 64 valence electrons. The van der Waals surface area contributed by atoms with Crippen LogP contribution in [0, 0.1) is 0 Å². The van der Waals surface area contributed by atoms with Crippen molar-refractivity contribution in [3.8, 4) is 0 Å². The van der Waals surface area contributed by atoms with Crippen LogP contribution in [0.4, 0.5) is 0 Å². The molecule has 2 nitrogen and oxygen atoms in total. The molecule has 0 heterocycles. The summed E-state index contributed by atoms with van der Waals surface area (Å²) in [5.41, 5.74) is 0. The third kappa shape index (κ3) is 412. The molecular formula is C6H18CaO2Si2. The molecule has 0 unspecified atom stereocenters. The van der Waals surface area contributed by atoms with E-state index in [4.69, 9.17) is 0 Å². The van der Waals surface area contributed by atoms with Gasteiger partial charge < -0.3 is 9.59 Å². The first-order chi connectivity index (χ1) is 4.00. The second-order valence-electron chi connectivity index (χ2n) is 4.22. The molecule has 0 aromatic carbocycles. The fraction of sp³-hybridized carbons (Fsp3) is 1.00. The van der Waals surface area contributed by atoms with Crippen molar-refractivity contribution in [1.82, 2.24) is 0 Å². The summed E-state index contributed by atoms with van der Waals surface area (Å²) in [5.74, 6) is 0. The molecule has 0 aliphatic rings. The molecule has 0 rings (SSSR count). The summed E-state index contributed by atoms with van der Waals surface area (Å²) in [6, 6.07) is 0. The Kier molecular flexibility index (Phi) is 11.8. The van der Waals surface area contributed by atoms with Crippen LogP contribution in [0.5, 0.6) is 0 Å². The minimum atomic E-state index is -1.86. The topological polar surface area (TPSA) is 46.1 Å². The third-order valence-corrected chi connectivity index (χ3v) is 0. The zero-order valence-corrected chi connectivity index (χ0v) is 12.7. The molecule has 0 bridgehead atoms. The van der Waals surface area contributed by atoms with E-state index in [1.165, 1.54) is 0 Å². The summed E-state index contributed by atoms with van der Waals surface area (Å²) in [7, 11) is -3.72. The van der Waals surface area contributed by atoms with E-state index in [1.54, 1.807) is 39.3 Å². The van der Waals surface area contributed by atoms with Crippen LogP contribution < -0.4 is 9.59 Å². The van der Waals surface area contributed by atoms with Gasteiger partial charge in [0.25, 0.3) is 0 Å². The molecular weight excluding hydrogens is 200 g/mol. The van der Waals surface area contributed by atoms with Gasteiger partial charge in [0.2, 0.25) is 0 Å². The summed E-state index contributed by atoms with van der Waals surface area (Å²) < 4.78 is 0. The largest absolute Gasteiger partial charge is 2.00 e. The Morgan fingerprint density at radius 3 is 0.636 bits per heavy atom. The van der Waals surface area contributed by atoms with Crippen molar-refractivity contribution in [3.05, 3.63) is 0 Å². The Morgan fingerprint density at radius 2 is 0.636 bits per heavy atom. The van der Waals surface area contributed by atoms with Crippen molar-refractivity contribution in [3.63, 3.8) is 0 Å². The van der Waals surface area contributed by atoms with Crippen LogP contribution in [0.1, 0.15) is 0 Å². The molecule has 0 saturated heterocycles. The van der Waals surface area contributed by atoms with Gasteiger partial charge in [-0.2, -0.15) is 0 Å². The molecule has 0 saturated carbocycles. The fourth-order valence-corrected chi connectivity index (χ4v) is 0. The average molecular weight is 218 g/mol. The fourth-order valence-electron chi connectivity index (χ4n) is 0. The van der Waals surface area contributed by atoms with Crippen LogP contribution in [0.15, 0.2) is 0 Å². The molecule has 0 aliphatic heterocycles. The Balaban J connectivity index is -0.000000107. The van der Waals surface area contributed by atoms with Crippen molar-refractivity contribution >= 4 is 54.4 Å². The van der Waals surface area contributed by atoms with Gasteiger partial charge in [-0.05, 0) is 0 Å². The maximum atomic E-state index is 10.2. The van der Waals surface area contributed by atoms with Crippen LogP contribution in [-0.4, -0.2) is 54.4 Å². The molecule has 0 aromatic rings. The van der Waals surface area contributed by atoms with E-state index in [2.05, 4.69) is 0 Å². The van der Waals surface area contributed by atoms with E-state index in [1.807, 2.05) is 0 Å². The Bertz CT molecular complexity index is 61.6. The van der Waals surface area contributed by atoms with Gasteiger partial charge in [-0.15, -0.1) is 0 Å².